The molecule has 8 heteroatoms. The first-order chi connectivity index (χ1) is 16.2. The Hall–Kier alpha value is -3.68. The van der Waals surface area contributed by atoms with Crippen LogP contribution in [0.15, 0.2) is 41.6 Å². The summed E-state index contributed by atoms with van der Waals surface area (Å²) in [6.45, 7) is 7.92. The fourth-order valence-electron chi connectivity index (χ4n) is 3.98. The average molecular weight is 469 g/mol. The number of aryl methyl sites for hydroxylation is 2. The van der Waals surface area contributed by atoms with Crippen molar-refractivity contribution in [2.24, 2.45) is 0 Å². The molecule has 3 rings (SSSR count). The van der Waals surface area contributed by atoms with Crippen LogP contribution in [-0.4, -0.2) is 51.4 Å². The molecular formula is C26H32N2O6. The molecule has 1 atom stereocenters. The molecular weight excluding hydrogens is 436 g/mol. The molecule has 34 heavy (non-hydrogen) atoms. The largest absolute Gasteiger partial charge is 0.497 e. The smallest absolute Gasteiger partial charge is 0.338 e. The highest BCUT2D eigenvalue weighted by Crippen LogP contribution is 2.38. The highest BCUT2D eigenvalue weighted by Gasteiger charge is 2.38. The average Bonchev–Trinajstić information content (AvgIpc) is 2.82. The minimum absolute atomic E-state index is 0.00455. The Morgan fingerprint density at radius 3 is 2.44 bits per heavy atom. The molecule has 2 aromatic carbocycles. The lowest BCUT2D eigenvalue weighted by Crippen LogP contribution is -2.48. The van der Waals surface area contributed by atoms with Crippen LogP contribution in [-0.2, 0) is 9.53 Å². The predicted octanol–water partition coefficient (Wildman–Crippen LogP) is 4.22. The van der Waals surface area contributed by atoms with E-state index in [1.165, 1.54) is 12.0 Å². The summed E-state index contributed by atoms with van der Waals surface area (Å²) in [7, 11) is 4.68. The summed E-state index contributed by atoms with van der Waals surface area (Å²) in [6.07, 6.45) is 0. The number of rotatable bonds is 8. The second kappa shape index (κ2) is 10.5. The van der Waals surface area contributed by atoms with E-state index in [-0.39, 0.29) is 24.8 Å². The number of nitrogens with one attached hydrogen (secondary N) is 1. The third-order valence-corrected chi connectivity index (χ3v) is 5.95. The van der Waals surface area contributed by atoms with E-state index in [9.17, 15) is 9.59 Å². The molecule has 0 bridgehead atoms. The zero-order valence-electron chi connectivity index (χ0n) is 20.8. The maximum Gasteiger partial charge on any atom is 0.338 e. The lowest BCUT2D eigenvalue weighted by molar-refractivity contribution is -0.139. The van der Waals surface area contributed by atoms with Gasteiger partial charge in [0.2, 0.25) is 0 Å². The zero-order chi connectivity index (χ0) is 25.0. The Bertz CT molecular complexity index is 1120. The first-order valence-corrected chi connectivity index (χ1v) is 11.1. The fourth-order valence-corrected chi connectivity index (χ4v) is 3.98. The van der Waals surface area contributed by atoms with Crippen molar-refractivity contribution in [1.29, 1.82) is 0 Å². The zero-order valence-corrected chi connectivity index (χ0v) is 20.8. The molecule has 182 valence electrons. The molecule has 0 saturated heterocycles. The van der Waals surface area contributed by atoms with E-state index < -0.39 is 12.0 Å². The van der Waals surface area contributed by atoms with Gasteiger partial charge in [-0.15, -0.1) is 0 Å². The van der Waals surface area contributed by atoms with E-state index in [4.69, 9.17) is 18.9 Å². The molecule has 1 aliphatic rings. The summed E-state index contributed by atoms with van der Waals surface area (Å²) < 4.78 is 22.4. The summed E-state index contributed by atoms with van der Waals surface area (Å²) in [5, 5.41) is 2.89. The minimum atomic E-state index is -0.813. The van der Waals surface area contributed by atoms with Crippen molar-refractivity contribution in [2.45, 2.75) is 33.7 Å². The van der Waals surface area contributed by atoms with Gasteiger partial charge in [-0.05, 0) is 68.7 Å². The van der Waals surface area contributed by atoms with Crippen molar-refractivity contribution in [3.05, 3.63) is 63.9 Å². The quantitative estimate of drug-likeness (QED) is 0.584. The number of carbonyl (C=O) groups is 2. The Balaban J connectivity index is 2.14. The number of hydrogen-bond donors (Lipinski definition) is 1. The molecule has 0 aromatic heterocycles. The van der Waals surface area contributed by atoms with Gasteiger partial charge < -0.3 is 24.3 Å². The van der Waals surface area contributed by atoms with Gasteiger partial charge in [-0.25, -0.2) is 9.59 Å². The number of urea groups is 1. The Morgan fingerprint density at radius 1 is 1.06 bits per heavy atom. The number of amides is 2. The number of nitrogens with zero attached hydrogens (tertiary/aromatic N) is 1. The van der Waals surface area contributed by atoms with Crippen molar-refractivity contribution in [2.75, 3.05) is 34.5 Å². The van der Waals surface area contributed by atoms with Crippen LogP contribution in [0.5, 0.6) is 17.2 Å². The van der Waals surface area contributed by atoms with Crippen molar-refractivity contribution in [1.82, 2.24) is 10.2 Å². The topological polar surface area (TPSA) is 86.3 Å². The minimum Gasteiger partial charge on any atom is -0.497 e. The normalized spacial score (nSPS) is 15.7. The van der Waals surface area contributed by atoms with Gasteiger partial charge in [-0.1, -0.05) is 6.07 Å². The summed E-state index contributed by atoms with van der Waals surface area (Å²) >= 11 is 0. The van der Waals surface area contributed by atoms with E-state index in [0.29, 0.717) is 28.5 Å². The highest BCUT2D eigenvalue weighted by atomic mass is 16.5. The van der Waals surface area contributed by atoms with Gasteiger partial charge in [0.25, 0.3) is 0 Å². The van der Waals surface area contributed by atoms with Gasteiger partial charge in [0, 0.05) is 12.6 Å². The molecule has 1 aliphatic heterocycles. The predicted molar refractivity (Wildman–Crippen MR) is 128 cm³/mol. The highest BCUT2D eigenvalue weighted by molar-refractivity contribution is 5.95. The lowest BCUT2D eigenvalue weighted by Gasteiger charge is -2.35. The summed E-state index contributed by atoms with van der Waals surface area (Å²) in [6, 6.07) is 8.05. The SMILES string of the molecule is CCOC(=O)C1=C(COc2cc(C)cc(C)c2C)N(C)C(=O)NC1c1cc(OC)ccc1OC. The fraction of sp³-hybridized carbons (Fsp3) is 0.385. The van der Waals surface area contributed by atoms with Crippen molar-refractivity contribution < 1.29 is 28.5 Å². The number of methoxy groups -OCH3 is 2. The Labute approximate surface area is 200 Å². The molecule has 1 N–H and O–H groups in total. The summed E-state index contributed by atoms with van der Waals surface area (Å²) in [5.74, 6) is 1.22. The molecule has 8 nitrogen and oxygen atoms in total. The number of esters is 1. The third kappa shape index (κ3) is 4.95. The van der Waals surface area contributed by atoms with Crippen LogP contribution >= 0.6 is 0 Å². The van der Waals surface area contributed by atoms with Crippen LogP contribution in [0.25, 0.3) is 0 Å². The third-order valence-electron chi connectivity index (χ3n) is 5.95. The Kier molecular flexibility index (Phi) is 7.71. The maximum absolute atomic E-state index is 13.2. The van der Waals surface area contributed by atoms with E-state index in [1.54, 1.807) is 39.3 Å². The molecule has 2 amide bonds. The van der Waals surface area contributed by atoms with Crippen molar-refractivity contribution in [3.63, 3.8) is 0 Å². The number of hydrogen-bond acceptors (Lipinski definition) is 6. The molecule has 0 saturated carbocycles. The molecule has 1 heterocycles. The monoisotopic (exact) mass is 468 g/mol. The standard InChI is InChI=1S/C26H32N2O6/c1-8-33-25(29)23-20(14-34-22-12-15(2)11-16(3)17(22)4)28(5)26(30)27-24(23)19-13-18(31-6)9-10-21(19)32-7/h9-13,24H,8,14H2,1-7H3,(H,27,30). The van der Waals surface area contributed by atoms with Crippen molar-refractivity contribution >= 4 is 12.0 Å². The number of likely N-dealkylation sites (N-methyl/N-ethyl adjacent to an activating group) is 1. The summed E-state index contributed by atoms with van der Waals surface area (Å²) in [5.41, 5.74) is 4.42. The van der Waals surface area contributed by atoms with Gasteiger partial charge in [-0.3, -0.25) is 4.90 Å². The second-order valence-electron chi connectivity index (χ2n) is 8.12. The molecule has 2 aromatic rings. The van der Waals surface area contributed by atoms with Gasteiger partial charge in [-0.2, -0.15) is 0 Å². The van der Waals surface area contributed by atoms with Gasteiger partial charge in [0.15, 0.2) is 0 Å². The Morgan fingerprint density at radius 2 is 1.79 bits per heavy atom. The van der Waals surface area contributed by atoms with Gasteiger partial charge in [0.1, 0.15) is 23.9 Å². The van der Waals surface area contributed by atoms with Crippen LogP contribution < -0.4 is 19.5 Å². The number of ether oxygens (including phenoxy) is 4. The summed E-state index contributed by atoms with van der Waals surface area (Å²) in [4.78, 5) is 27.5. The van der Waals surface area contributed by atoms with E-state index in [1.807, 2.05) is 26.8 Å². The molecule has 0 fully saturated rings. The van der Waals surface area contributed by atoms with Gasteiger partial charge >= 0.3 is 12.0 Å². The van der Waals surface area contributed by atoms with Crippen LogP contribution in [0.4, 0.5) is 4.79 Å². The van der Waals surface area contributed by atoms with Crippen LogP contribution in [0, 0.1) is 20.8 Å². The van der Waals surface area contributed by atoms with Crippen LogP contribution in [0.3, 0.4) is 0 Å². The lowest BCUT2D eigenvalue weighted by atomic mass is 9.93. The molecule has 0 spiro atoms. The van der Waals surface area contributed by atoms with Gasteiger partial charge in [0.05, 0.1) is 38.1 Å². The first kappa shape index (κ1) is 25.0. The van der Waals surface area contributed by atoms with E-state index in [0.717, 1.165) is 16.7 Å². The number of carbonyl (C=O) groups excluding carboxylic acids is 2. The van der Waals surface area contributed by atoms with Crippen LogP contribution in [0.2, 0.25) is 0 Å². The maximum atomic E-state index is 13.2. The molecule has 0 aliphatic carbocycles. The van der Waals surface area contributed by atoms with E-state index in [2.05, 4.69) is 11.4 Å². The second-order valence-corrected chi connectivity index (χ2v) is 8.12. The number of benzene rings is 2. The molecule has 0 radical (unpaired) electrons. The van der Waals surface area contributed by atoms with Crippen LogP contribution in [0.1, 0.15) is 35.2 Å². The van der Waals surface area contributed by atoms with E-state index >= 15 is 0 Å². The molecule has 1 unspecified atom stereocenters. The van der Waals surface area contributed by atoms with Crippen molar-refractivity contribution in [3.8, 4) is 17.2 Å². The first-order valence-electron chi connectivity index (χ1n) is 11.1.